The zero-order valence-electron chi connectivity index (χ0n) is 23.4. The fourth-order valence-electron chi connectivity index (χ4n) is 5.66. The fraction of sp³-hybridized carbons (Fsp3) is 0.467. The summed E-state index contributed by atoms with van der Waals surface area (Å²) in [6, 6.07) is 9.89. The molecule has 2 aromatic carbocycles. The summed E-state index contributed by atoms with van der Waals surface area (Å²) in [5.41, 5.74) is 2.65. The van der Waals surface area contributed by atoms with Crippen LogP contribution in [0, 0.1) is 6.92 Å². The summed E-state index contributed by atoms with van der Waals surface area (Å²) in [4.78, 5) is 32.5. The minimum absolute atomic E-state index is 0.0269. The maximum Gasteiger partial charge on any atom is 0.261 e. The molecule has 0 spiro atoms. The molecule has 4 heterocycles. The molecule has 0 atom stereocenters. The minimum atomic E-state index is 0.0269. The summed E-state index contributed by atoms with van der Waals surface area (Å²) in [5, 5.41) is 1.61. The van der Waals surface area contributed by atoms with Gasteiger partial charge < -0.3 is 24.0 Å². The highest BCUT2D eigenvalue weighted by atomic mass is 16.5. The molecule has 6 rings (SSSR count). The van der Waals surface area contributed by atoms with Crippen molar-refractivity contribution in [1.82, 2.24) is 19.5 Å². The fourth-order valence-corrected chi connectivity index (χ4v) is 5.66. The van der Waals surface area contributed by atoms with E-state index in [9.17, 15) is 4.79 Å². The van der Waals surface area contributed by atoms with Gasteiger partial charge in [0.2, 0.25) is 5.95 Å². The average Bonchev–Trinajstić information content (AvgIpc) is 2.98. The summed E-state index contributed by atoms with van der Waals surface area (Å²) >= 11 is 0. The van der Waals surface area contributed by atoms with Crippen LogP contribution >= 0.6 is 0 Å². The van der Waals surface area contributed by atoms with Gasteiger partial charge in [0.15, 0.2) is 11.5 Å². The maximum atomic E-state index is 13.4. The van der Waals surface area contributed by atoms with Crippen LogP contribution in [0.3, 0.4) is 0 Å². The SMILES string of the molecule is CCOc1cc2nc(N3CCOCC3)nc(N3CCC(n4cnc5ccc(C)cc5c4=O)CC3)c2cc1OCC. The van der Waals surface area contributed by atoms with Crippen molar-refractivity contribution < 1.29 is 14.2 Å². The second kappa shape index (κ2) is 11.3. The summed E-state index contributed by atoms with van der Waals surface area (Å²) < 4.78 is 19.2. The highest BCUT2D eigenvalue weighted by molar-refractivity contribution is 5.93. The Kier molecular flexibility index (Phi) is 7.42. The van der Waals surface area contributed by atoms with E-state index < -0.39 is 0 Å². The van der Waals surface area contributed by atoms with Crippen LogP contribution in [0.5, 0.6) is 11.5 Å². The summed E-state index contributed by atoms with van der Waals surface area (Å²) in [6.07, 6.45) is 3.33. The number of ether oxygens (including phenoxy) is 3. The van der Waals surface area contributed by atoms with E-state index in [1.165, 1.54) is 0 Å². The number of fused-ring (bicyclic) bond motifs is 2. The van der Waals surface area contributed by atoms with E-state index >= 15 is 0 Å². The van der Waals surface area contributed by atoms with Gasteiger partial charge in [0.1, 0.15) is 5.82 Å². The Morgan fingerprint density at radius 3 is 2.33 bits per heavy atom. The summed E-state index contributed by atoms with van der Waals surface area (Å²) in [5.74, 6) is 2.96. The van der Waals surface area contributed by atoms with E-state index in [-0.39, 0.29) is 11.6 Å². The molecule has 0 radical (unpaired) electrons. The van der Waals surface area contributed by atoms with Crippen molar-refractivity contribution in [3.8, 4) is 11.5 Å². The largest absolute Gasteiger partial charge is 0.490 e. The van der Waals surface area contributed by atoms with Crippen LogP contribution in [-0.2, 0) is 4.74 Å². The molecule has 210 valence electrons. The lowest BCUT2D eigenvalue weighted by Gasteiger charge is -2.35. The number of piperidine rings is 1. The quantitative estimate of drug-likeness (QED) is 0.340. The van der Waals surface area contributed by atoms with Crippen LogP contribution in [0.15, 0.2) is 41.5 Å². The molecular weight excluding hydrogens is 508 g/mol. The first-order valence-corrected chi connectivity index (χ1v) is 14.2. The number of hydrogen-bond acceptors (Lipinski definition) is 9. The first-order chi connectivity index (χ1) is 19.6. The third kappa shape index (κ3) is 5.03. The summed E-state index contributed by atoms with van der Waals surface area (Å²) in [7, 11) is 0. The number of benzene rings is 2. The van der Waals surface area contributed by atoms with Gasteiger partial charge in [0, 0.05) is 43.7 Å². The van der Waals surface area contributed by atoms with Crippen LogP contribution in [0.1, 0.15) is 38.3 Å². The zero-order valence-corrected chi connectivity index (χ0v) is 23.4. The number of aryl methyl sites for hydroxylation is 1. The third-order valence-electron chi connectivity index (χ3n) is 7.72. The molecule has 2 aliphatic rings. The highest BCUT2D eigenvalue weighted by Crippen LogP contribution is 2.38. The van der Waals surface area contributed by atoms with Crippen LogP contribution < -0.4 is 24.8 Å². The number of nitrogens with zero attached hydrogens (tertiary/aromatic N) is 6. The molecule has 0 amide bonds. The molecule has 2 fully saturated rings. The lowest BCUT2D eigenvalue weighted by Crippen LogP contribution is -2.39. The summed E-state index contributed by atoms with van der Waals surface area (Å²) in [6.45, 7) is 11.3. The standard InChI is InChI=1S/C30H36N6O4/c1-4-39-26-17-22-25(18-27(26)40-5-2)32-30(35-12-14-38-15-13-35)33-28(22)34-10-8-21(9-11-34)36-19-31-24-7-6-20(3)16-23(24)29(36)37/h6-7,16-19,21H,4-5,8-15H2,1-3H3. The van der Waals surface area contributed by atoms with Gasteiger partial charge in [-0.25, -0.2) is 9.97 Å². The Labute approximate surface area is 233 Å². The van der Waals surface area contributed by atoms with Crippen LogP contribution in [0.25, 0.3) is 21.8 Å². The van der Waals surface area contributed by atoms with Crippen molar-refractivity contribution in [3.05, 3.63) is 52.6 Å². The minimum Gasteiger partial charge on any atom is -0.490 e. The average molecular weight is 545 g/mol. The van der Waals surface area contributed by atoms with Crippen molar-refractivity contribution >= 4 is 33.6 Å². The van der Waals surface area contributed by atoms with Gasteiger partial charge in [-0.05, 0) is 51.8 Å². The monoisotopic (exact) mass is 544 g/mol. The topological polar surface area (TPSA) is 94.8 Å². The molecular formula is C30H36N6O4. The Hall–Kier alpha value is -3.92. The highest BCUT2D eigenvalue weighted by Gasteiger charge is 2.27. The number of hydrogen-bond donors (Lipinski definition) is 0. The number of rotatable bonds is 7. The molecule has 0 N–H and O–H groups in total. The van der Waals surface area contributed by atoms with Gasteiger partial charge in [0.05, 0.1) is 49.2 Å². The van der Waals surface area contributed by atoms with Gasteiger partial charge in [-0.3, -0.25) is 9.36 Å². The van der Waals surface area contributed by atoms with Crippen LogP contribution in [0.2, 0.25) is 0 Å². The van der Waals surface area contributed by atoms with Crippen molar-refractivity contribution in [3.63, 3.8) is 0 Å². The van der Waals surface area contributed by atoms with Gasteiger partial charge in [-0.1, -0.05) is 11.6 Å². The molecule has 2 saturated heterocycles. The molecule has 4 aromatic rings. The predicted molar refractivity (Wildman–Crippen MR) is 156 cm³/mol. The second-order valence-electron chi connectivity index (χ2n) is 10.3. The predicted octanol–water partition coefficient (Wildman–Crippen LogP) is 4.12. The Bertz CT molecular complexity index is 1570. The van der Waals surface area contributed by atoms with Crippen molar-refractivity contribution in [2.75, 3.05) is 62.4 Å². The van der Waals surface area contributed by atoms with Crippen LogP contribution in [0.4, 0.5) is 11.8 Å². The Balaban J connectivity index is 1.35. The second-order valence-corrected chi connectivity index (χ2v) is 10.3. The van der Waals surface area contributed by atoms with E-state index in [1.54, 1.807) is 6.33 Å². The number of anilines is 2. The van der Waals surface area contributed by atoms with Crippen molar-refractivity contribution in [2.24, 2.45) is 0 Å². The van der Waals surface area contributed by atoms with Crippen LogP contribution in [-0.4, -0.2) is 72.1 Å². The van der Waals surface area contributed by atoms with E-state index in [1.807, 2.05) is 55.7 Å². The smallest absolute Gasteiger partial charge is 0.261 e. The van der Waals surface area contributed by atoms with E-state index in [4.69, 9.17) is 24.2 Å². The van der Waals surface area contributed by atoms with Gasteiger partial charge in [-0.2, -0.15) is 4.98 Å². The van der Waals surface area contributed by atoms with Gasteiger partial charge in [-0.15, -0.1) is 0 Å². The third-order valence-corrected chi connectivity index (χ3v) is 7.72. The van der Waals surface area contributed by atoms with Gasteiger partial charge in [0.25, 0.3) is 5.56 Å². The molecule has 2 aliphatic heterocycles. The number of aromatic nitrogens is 4. The maximum absolute atomic E-state index is 13.4. The van der Waals surface area contributed by atoms with Crippen molar-refractivity contribution in [2.45, 2.75) is 39.7 Å². The van der Waals surface area contributed by atoms with Gasteiger partial charge >= 0.3 is 0 Å². The lowest BCUT2D eigenvalue weighted by molar-refractivity contribution is 0.122. The molecule has 10 heteroatoms. The van der Waals surface area contributed by atoms with E-state index in [0.29, 0.717) is 49.3 Å². The molecule has 2 aromatic heterocycles. The lowest BCUT2D eigenvalue weighted by atomic mass is 10.0. The normalized spacial score (nSPS) is 16.6. The zero-order chi connectivity index (χ0) is 27.6. The molecule has 0 unspecified atom stereocenters. The molecule has 0 saturated carbocycles. The number of morpholine rings is 1. The van der Waals surface area contributed by atoms with Crippen molar-refractivity contribution in [1.29, 1.82) is 0 Å². The molecule has 0 aliphatic carbocycles. The first-order valence-electron chi connectivity index (χ1n) is 14.2. The molecule has 10 nitrogen and oxygen atoms in total. The first kappa shape index (κ1) is 26.3. The Morgan fingerprint density at radius 1 is 0.875 bits per heavy atom. The molecule has 40 heavy (non-hydrogen) atoms. The molecule has 0 bridgehead atoms. The van der Waals surface area contributed by atoms with E-state index in [0.717, 1.165) is 66.8 Å². The Morgan fingerprint density at radius 2 is 1.60 bits per heavy atom. The van der Waals surface area contributed by atoms with E-state index in [2.05, 4.69) is 14.8 Å².